The van der Waals surface area contributed by atoms with Crippen molar-refractivity contribution in [1.82, 2.24) is 0 Å². The minimum atomic E-state index is -3.63. The molecule has 0 atom stereocenters. The highest BCUT2D eigenvalue weighted by molar-refractivity contribution is 8.00. The van der Waals surface area contributed by atoms with Crippen molar-refractivity contribution in [2.75, 3.05) is 16.6 Å². The summed E-state index contributed by atoms with van der Waals surface area (Å²) in [5, 5.41) is 8.93. The molecule has 5 nitrogen and oxygen atoms in total. The molecular weight excluding hydrogens is 368 g/mol. The number of benzene rings is 2. The van der Waals surface area contributed by atoms with E-state index in [4.69, 9.17) is 9.68 Å². The molecule has 0 radical (unpaired) electrons. The number of rotatable bonds is 3. The van der Waals surface area contributed by atoms with Crippen molar-refractivity contribution in [2.24, 2.45) is 0 Å². The zero-order valence-electron chi connectivity index (χ0n) is 13.6. The second kappa shape index (κ2) is 6.56. The van der Waals surface area contributed by atoms with Gasteiger partial charge in [-0.2, -0.15) is 5.26 Å². The molecule has 0 aliphatic carbocycles. The van der Waals surface area contributed by atoms with Crippen LogP contribution >= 0.6 is 11.8 Å². The normalized spacial score (nSPS) is 13.9. The first kappa shape index (κ1) is 16.8. The van der Waals surface area contributed by atoms with Crippen molar-refractivity contribution in [2.45, 2.75) is 9.79 Å². The van der Waals surface area contributed by atoms with Crippen LogP contribution in [0.4, 0.5) is 5.69 Å². The summed E-state index contributed by atoms with van der Waals surface area (Å²) in [6, 6.07) is 17.7. The predicted molar refractivity (Wildman–Crippen MR) is 101 cm³/mol. The molecule has 0 bridgehead atoms. The Kier molecular flexibility index (Phi) is 4.23. The smallest absolute Gasteiger partial charge is 0.264 e. The van der Waals surface area contributed by atoms with Gasteiger partial charge in [-0.15, -0.1) is 11.8 Å². The fraction of sp³-hybridized carbons (Fsp3) is 0.105. The molecule has 0 unspecified atom stereocenters. The maximum absolute atomic E-state index is 13.1. The number of hydrogen-bond donors (Lipinski definition) is 0. The van der Waals surface area contributed by atoms with Crippen LogP contribution in [-0.4, -0.2) is 20.7 Å². The van der Waals surface area contributed by atoms with Crippen molar-refractivity contribution in [3.05, 3.63) is 66.6 Å². The number of fused-ring (bicyclic) bond motifs is 1. The van der Waals surface area contributed by atoms with Crippen LogP contribution in [0.5, 0.6) is 0 Å². The summed E-state index contributed by atoms with van der Waals surface area (Å²) in [7, 11) is -3.63. The summed E-state index contributed by atoms with van der Waals surface area (Å²) in [6.45, 7) is 0.410. The third-order valence-electron chi connectivity index (χ3n) is 4.15. The molecule has 0 amide bonds. The Morgan fingerprint density at radius 2 is 1.88 bits per heavy atom. The van der Waals surface area contributed by atoms with E-state index in [-0.39, 0.29) is 10.7 Å². The van der Waals surface area contributed by atoms with Gasteiger partial charge in [0.1, 0.15) is 12.3 Å². The Bertz CT molecular complexity index is 1100. The van der Waals surface area contributed by atoms with E-state index in [9.17, 15) is 8.42 Å². The van der Waals surface area contributed by atoms with Crippen molar-refractivity contribution in [1.29, 1.82) is 5.26 Å². The van der Waals surface area contributed by atoms with Crippen LogP contribution in [0.1, 0.15) is 5.76 Å². The number of nitrogens with zero attached hydrogens (tertiary/aromatic N) is 2. The van der Waals surface area contributed by atoms with E-state index in [1.54, 1.807) is 48.2 Å². The topological polar surface area (TPSA) is 74.3 Å². The van der Waals surface area contributed by atoms with Gasteiger partial charge in [0.25, 0.3) is 10.0 Å². The standard InChI is InChI=1S/C19H14N2O3S2/c20-12-16-10-15(13-24-16)14-6-7-19-18(11-14)21(8-9-25-19)26(22,23)17-4-2-1-3-5-17/h1-7,10-11,13H,8-9H2. The van der Waals surface area contributed by atoms with Crippen LogP contribution in [0.25, 0.3) is 11.1 Å². The molecule has 1 aromatic heterocycles. The fourth-order valence-electron chi connectivity index (χ4n) is 2.89. The van der Waals surface area contributed by atoms with Gasteiger partial charge in [-0.25, -0.2) is 8.42 Å². The van der Waals surface area contributed by atoms with Gasteiger partial charge in [0.2, 0.25) is 5.76 Å². The number of hydrogen-bond acceptors (Lipinski definition) is 5. The van der Waals surface area contributed by atoms with E-state index < -0.39 is 10.0 Å². The first-order chi connectivity index (χ1) is 12.6. The van der Waals surface area contributed by atoms with Gasteiger partial charge in [-0.1, -0.05) is 24.3 Å². The third kappa shape index (κ3) is 2.87. The Morgan fingerprint density at radius 1 is 1.08 bits per heavy atom. The summed E-state index contributed by atoms with van der Waals surface area (Å²) in [6.07, 6.45) is 1.51. The molecule has 1 aliphatic rings. The van der Waals surface area contributed by atoms with Crippen molar-refractivity contribution in [3.8, 4) is 17.2 Å². The first-order valence-corrected chi connectivity index (χ1v) is 10.4. The summed E-state index contributed by atoms with van der Waals surface area (Å²) < 4.78 is 32.8. The molecule has 2 aromatic carbocycles. The van der Waals surface area contributed by atoms with Crippen LogP contribution in [0.3, 0.4) is 0 Å². The quantitative estimate of drug-likeness (QED) is 0.681. The SMILES string of the molecule is N#Cc1cc(-c2ccc3c(c2)N(S(=O)(=O)c2ccccc2)CCS3)co1. The lowest BCUT2D eigenvalue weighted by Crippen LogP contribution is -2.35. The average molecular weight is 382 g/mol. The Balaban J connectivity index is 1.80. The molecule has 4 rings (SSSR count). The number of thioether (sulfide) groups is 1. The Morgan fingerprint density at radius 3 is 2.62 bits per heavy atom. The minimum absolute atomic E-state index is 0.223. The molecule has 7 heteroatoms. The summed E-state index contributed by atoms with van der Waals surface area (Å²) in [5.41, 5.74) is 2.21. The van der Waals surface area contributed by atoms with Crippen LogP contribution in [0.15, 0.2) is 75.1 Å². The summed E-state index contributed by atoms with van der Waals surface area (Å²) in [4.78, 5) is 1.20. The highest BCUT2D eigenvalue weighted by Crippen LogP contribution is 2.40. The van der Waals surface area contributed by atoms with E-state index in [1.165, 1.54) is 10.6 Å². The zero-order valence-corrected chi connectivity index (χ0v) is 15.3. The monoisotopic (exact) mass is 382 g/mol. The molecule has 3 aromatic rings. The number of anilines is 1. The van der Waals surface area contributed by atoms with Crippen molar-refractivity contribution < 1.29 is 12.8 Å². The number of nitriles is 1. The summed E-state index contributed by atoms with van der Waals surface area (Å²) in [5.74, 6) is 0.920. The van der Waals surface area contributed by atoms with Crippen LogP contribution in [0.2, 0.25) is 0 Å². The Hall–Kier alpha value is -2.69. The van der Waals surface area contributed by atoms with Crippen LogP contribution in [-0.2, 0) is 10.0 Å². The second-order valence-electron chi connectivity index (χ2n) is 5.73. The third-order valence-corrected chi connectivity index (χ3v) is 7.02. The van der Waals surface area contributed by atoms with Gasteiger partial charge >= 0.3 is 0 Å². The van der Waals surface area contributed by atoms with Gasteiger partial charge in [0.15, 0.2) is 0 Å². The largest absolute Gasteiger partial charge is 0.453 e. The maximum atomic E-state index is 13.1. The fourth-order valence-corrected chi connectivity index (χ4v) is 5.53. The lowest BCUT2D eigenvalue weighted by atomic mass is 10.1. The number of sulfonamides is 1. The Labute approximate surface area is 155 Å². The van der Waals surface area contributed by atoms with E-state index >= 15 is 0 Å². The molecule has 0 fully saturated rings. The lowest BCUT2D eigenvalue weighted by Gasteiger charge is -2.30. The van der Waals surface area contributed by atoms with Gasteiger partial charge in [0.05, 0.1) is 10.6 Å². The molecule has 130 valence electrons. The van der Waals surface area contributed by atoms with E-state index in [0.717, 1.165) is 16.0 Å². The van der Waals surface area contributed by atoms with E-state index in [2.05, 4.69) is 0 Å². The summed E-state index contributed by atoms with van der Waals surface area (Å²) >= 11 is 1.64. The molecule has 0 saturated heterocycles. The average Bonchev–Trinajstić information content (AvgIpc) is 3.17. The zero-order chi connectivity index (χ0) is 18.1. The molecule has 26 heavy (non-hydrogen) atoms. The van der Waals surface area contributed by atoms with Crippen molar-refractivity contribution >= 4 is 27.5 Å². The molecule has 2 heterocycles. The van der Waals surface area contributed by atoms with E-state index in [0.29, 0.717) is 18.0 Å². The van der Waals surface area contributed by atoms with Crippen molar-refractivity contribution in [3.63, 3.8) is 0 Å². The molecular formula is C19H14N2O3S2. The second-order valence-corrected chi connectivity index (χ2v) is 8.73. The van der Waals surface area contributed by atoms with Gasteiger partial charge in [-0.3, -0.25) is 4.31 Å². The van der Waals surface area contributed by atoms with Crippen LogP contribution < -0.4 is 4.31 Å². The van der Waals surface area contributed by atoms with Gasteiger partial charge in [0, 0.05) is 28.8 Å². The van der Waals surface area contributed by atoms with E-state index in [1.807, 2.05) is 24.3 Å². The number of furan rings is 1. The van der Waals surface area contributed by atoms with Gasteiger partial charge in [-0.05, 0) is 29.8 Å². The highest BCUT2D eigenvalue weighted by Gasteiger charge is 2.29. The molecule has 0 N–H and O–H groups in total. The highest BCUT2D eigenvalue weighted by atomic mass is 32.2. The predicted octanol–water partition coefficient (Wildman–Crippen LogP) is 4.12. The van der Waals surface area contributed by atoms with Crippen LogP contribution in [0, 0.1) is 11.3 Å². The molecule has 0 spiro atoms. The first-order valence-electron chi connectivity index (χ1n) is 7.93. The van der Waals surface area contributed by atoms with Gasteiger partial charge < -0.3 is 4.42 Å². The maximum Gasteiger partial charge on any atom is 0.264 e. The molecule has 0 saturated carbocycles. The lowest BCUT2D eigenvalue weighted by molar-refractivity contribution is 0.553. The minimum Gasteiger partial charge on any atom is -0.453 e. The molecule has 1 aliphatic heterocycles.